The standard InChI is InChI=1S/C23H38O2/c1-4-6-8-10-11-16-20-23(3,19-15-9-7-5-2)22(24)25-21-17-13-12-14-18-21/h12-14,17-18H,4-11,15-16,19-20H2,1-3H3. The first kappa shape index (κ1) is 21.7. The SMILES string of the molecule is CCCCCCCCC(C)(CCCCCC)C(=O)Oc1ccccc1. The molecule has 0 bridgehead atoms. The Morgan fingerprint density at radius 3 is 1.84 bits per heavy atom. The van der Waals surface area contributed by atoms with Crippen LogP contribution in [0.15, 0.2) is 30.3 Å². The van der Waals surface area contributed by atoms with Gasteiger partial charge in [0.25, 0.3) is 0 Å². The molecule has 0 aliphatic carbocycles. The molecule has 0 fully saturated rings. The molecule has 25 heavy (non-hydrogen) atoms. The first-order valence-corrected chi connectivity index (χ1v) is 10.4. The van der Waals surface area contributed by atoms with Gasteiger partial charge in [-0.15, -0.1) is 0 Å². The Kier molecular flexibility index (Phi) is 11.3. The van der Waals surface area contributed by atoms with E-state index in [-0.39, 0.29) is 11.4 Å². The molecule has 2 heteroatoms. The summed E-state index contributed by atoms with van der Waals surface area (Å²) in [5, 5.41) is 0. The normalized spacial score (nSPS) is 13.4. The zero-order chi connectivity index (χ0) is 18.4. The fraction of sp³-hybridized carbons (Fsp3) is 0.696. The van der Waals surface area contributed by atoms with Crippen LogP contribution in [0.1, 0.15) is 97.8 Å². The highest BCUT2D eigenvalue weighted by Gasteiger charge is 2.34. The zero-order valence-electron chi connectivity index (χ0n) is 16.7. The van der Waals surface area contributed by atoms with Crippen molar-refractivity contribution >= 4 is 5.97 Å². The molecule has 0 N–H and O–H groups in total. The summed E-state index contributed by atoms with van der Waals surface area (Å²) in [6, 6.07) is 9.49. The van der Waals surface area contributed by atoms with E-state index >= 15 is 0 Å². The molecule has 1 aromatic carbocycles. The predicted octanol–water partition coefficient (Wildman–Crippen LogP) is 7.32. The maximum Gasteiger partial charge on any atom is 0.317 e. The first-order valence-electron chi connectivity index (χ1n) is 10.4. The Morgan fingerprint density at radius 1 is 0.800 bits per heavy atom. The summed E-state index contributed by atoms with van der Waals surface area (Å²) in [5.41, 5.74) is -0.353. The summed E-state index contributed by atoms with van der Waals surface area (Å²) in [7, 11) is 0. The smallest absolute Gasteiger partial charge is 0.317 e. The van der Waals surface area contributed by atoms with Crippen LogP contribution in [-0.2, 0) is 4.79 Å². The van der Waals surface area contributed by atoms with Gasteiger partial charge >= 0.3 is 5.97 Å². The predicted molar refractivity (Wildman–Crippen MR) is 107 cm³/mol. The lowest BCUT2D eigenvalue weighted by atomic mass is 9.79. The molecule has 0 aliphatic rings. The molecule has 1 rings (SSSR count). The summed E-state index contributed by atoms with van der Waals surface area (Å²) in [6.45, 7) is 6.57. The molecule has 1 unspecified atom stereocenters. The maximum atomic E-state index is 12.8. The van der Waals surface area contributed by atoms with Gasteiger partial charge in [0.15, 0.2) is 0 Å². The summed E-state index contributed by atoms with van der Waals surface area (Å²) >= 11 is 0. The average Bonchev–Trinajstić information content (AvgIpc) is 2.62. The van der Waals surface area contributed by atoms with Crippen LogP contribution >= 0.6 is 0 Å². The van der Waals surface area contributed by atoms with Gasteiger partial charge in [-0.2, -0.15) is 0 Å². The van der Waals surface area contributed by atoms with Crippen molar-refractivity contribution in [3.63, 3.8) is 0 Å². The number of para-hydroxylation sites is 1. The molecule has 0 spiro atoms. The van der Waals surface area contributed by atoms with E-state index in [4.69, 9.17) is 4.74 Å². The number of rotatable bonds is 14. The maximum absolute atomic E-state index is 12.8. The van der Waals surface area contributed by atoms with Crippen molar-refractivity contribution in [3.05, 3.63) is 30.3 Å². The van der Waals surface area contributed by atoms with Crippen LogP contribution in [0.5, 0.6) is 5.75 Å². The van der Waals surface area contributed by atoms with Crippen molar-refractivity contribution in [3.8, 4) is 5.75 Å². The first-order chi connectivity index (χ1) is 12.1. The van der Waals surface area contributed by atoms with Gasteiger partial charge in [-0.25, -0.2) is 0 Å². The monoisotopic (exact) mass is 346 g/mol. The summed E-state index contributed by atoms with van der Waals surface area (Å²) in [4.78, 5) is 12.8. The zero-order valence-corrected chi connectivity index (χ0v) is 16.7. The molecule has 0 saturated carbocycles. The van der Waals surface area contributed by atoms with Gasteiger partial charge in [-0.3, -0.25) is 4.79 Å². The molecule has 2 nitrogen and oxygen atoms in total. The van der Waals surface area contributed by atoms with Crippen molar-refractivity contribution in [1.82, 2.24) is 0 Å². The molecule has 0 heterocycles. The number of carbonyl (C=O) groups excluding carboxylic acids is 1. The minimum Gasteiger partial charge on any atom is -0.426 e. The summed E-state index contributed by atoms with van der Waals surface area (Å²) < 4.78 is 5.69. The Morgan fingerprint density at radius 2 is 1.28 bits per heavy atom. The van der Waals surface area contributed by atoms with E-state index in [1.807, 2.05) is 30.3 Å². The second kappa shape index (κ2) is 13.0. The topological polar surface area (TPSA) is 26.3 Å². The van der Waals surface area contributed by atoms with Crippen LogP contribution in [0.25, 0.3) is 0 Å². The number of benzene rings is 1. The summed E-state index contributed by atoms with van der Waals surface area (Å²) in [5.74, 6) is 0.610. The van der Waals surface area contributed by atoms with Gasteiger partial charge in [0.2, 0.25) is 0 Å². The quantitative estimate of drug-likeness (QED) is 0.200. The third kappa shape index (κ3) is 9.09. The molecule has 0 radical (unpaired) electrons. The van der Waals surface area contributed by atoms with Gasteiger partial charge in [-0.1, -0.05) is 96.3 Å². The largest absolute Gasteiger partial charge is 0.426 e. The van der Waals surface area contributed by atoms with E-state index < -0.39 is 0 Å². The number of esters is 1. The number of ether oxygens (including phenoxy) is 1. The average molecular weight is 347 g/mol. The second-order valence-electron chi connectivity index (χ2n) is 7.59. The van der Waals surface area contributed by atoms with Crippen LogP contribution in [0.4, 0.5) is 0 Å². The van der Waals surface area contributed by atoms with E-state index in [1.165, 1.54) is 51.4 Å². The van der Waals surface area contributed by atoms with Crippen molar-refractivity contribution in [2.45, 2.75) is 97.8 Å². The van der Waals surface area contributed by atoms with Gasteiger partial charge in [0.05, 0.1) is 5.41 Å². The Bertz CT molecular complexity index is 454. The van der Waals surface area contributed by atoms with Crippen molar-refractivity contribution < 1.29 is 9.53 Å². The molecule has 1 aromatic rings. The van der Waals surface area contributed by atoms with Crippen molar-refractivity contribution in [2.75, 3.05) is 0 Å². The highest BCUT2D eigenvalue weighted by atomic mass is 16.5. The minimum atomic E-state index is -0.353. The summed E-state index contributed by atoms with van der Waals surface area (Å²) in [6.07, 6.45) is 14.2. The van der Waals surface area contributed by atoms with E-state index in [2.05, 4.69) is 20.8 Å². The molecule has 142 valence electrons. The third-order valence-electron chi connectivity index (χ3n) is 5.11. The third-order valence-corrected chi connectivity index (χ3v) is 5.11. The van der Waals surface area contributed by atoms with E-state index in [1.54, 1.807) is 0 Å². The van der Waals surface area contributed by atoms with Gasteiger partial charge in [0.1, 0.15) is 5.75 Å². The number of hydrogen-bond donors (Lipinski definition) is 0. The Labute approximate surface area is 155 Å². The highest BCUT2D eigenvalue weighted by molar-refractivity contribution is 5.78. The fourth-order valence-electron chi connectivity index (χ4n) is 3.29. The molecule has 0 saturated heterocycles. The van der Waals surface area contributed by atoms with Gasteiger partial charge in [0, 0.05) is 0 Å². The highest BCUT2D eigenvalue weighted by Crippen LogP contribution is 2.33. The molecular formula is C23H38O2. The fourth-order valence-corrected chi connectivity index (χ4v) is 3.29. The Hall–Kier alpha value is -1.31. The minimum absolute atomic E-state index is 0.0521. The lowest BCUT2D eigenvalue weighted by molar-refractivity contribution is -0.146. The van der Waals surface area contributed by atoms with Crippen molar-refractivity contribution in [2.24, 2.45) is 5.41 Å². The van der Waals surface area contributed by atoms with E-state index in [0.717, 1.165) is 25.7 Å². The van der Waals surface area contributed by atoms with Gasteiger partial charge in [-0.05, 0) is 31.9 Å². The molecular weight excluding hydrogens is 308 g/mol. The van der Waals surface area contributed by atoms with E-state index in [0.29, 0.717) is 5.75 Å². The van der Waals surface area contributed by atoms with Gasteiger partial charge < -0.3 is 4.74 Å². The van der Waals surface area contributed by atoms with Crippen LogP contribution in [0.2, 0.25) is 0 Å². The lowest BCUT2D eigenvalue weighted by Gasteiger charge is -2.27. The van der Waals surface area contributed by atoms with E-state index in [9.17, 15) is 4.79 Å². The molecule has 1 atom stereocenters. The lowest BCUT2D eigenvalue weighted by Crippen LogP contribution is -2.32. The van der Waals surface area contributed by atoms with Crippen LogP contribution in [0, 0.1) is 5.41 Å². The second-order valence-corrected chi connectivity index (χ2v) is 7.59. The molecule has 0 aliphatic heterocycles. The van der Waals surface area contributed by atoms with Crippen LogP contribution in [-0.4, -0.2) is 5.97 Å². The number of hydrogen-bond acceptors (Lipinski definition) is 2. The Balaban J connectivity index is 2.54. The van der Waals surface area contributed by atoms with Crippen molar-refractivity contribution in [1.29, 1.82) is 0 Å². The number of carbonyl (C=O) groups is 1. The van der Waals surface area contributed by atoms with Crippen LogP contribution in [0.3, 0.4) is 0 Å². The molecule has 0 amide bonds. The molecule has 0 aromatic heterocycles. The van der Waals surface area contributed by atoms with Crippen LogP contribution < -0.4 is 4.74 Å². The number of unbranched alkanes of at least 4 members (excludes halogenated alkanes) is 8.